The van der Waals surface area contributed by atoms with Crippen molar-refractivity contribution in [1.29, 1.82) is 0 Å². The van der Waals surface area contributed by atoms with E-state index < -0.39 is 57.6 Å². The van der Waals surface area contributed by atoms with Crippen LogP contribution in [0.4, 0.5) is 0 Å². The highest BCUT2D eigenvalue weighted by molar-refractivity contribution is 7.47. The number of aliphatic hydroxyl groups is 1. The van der Waals surface area contributed by atoms with Crippen LogP contribution in [0.25, 0.3) is 0 Å². The molecule has 0 aliphatic heterocycles. The molecule has 0 radical (unpaired) electrons. The van der Waals surface area contributed by atoms with Crippen LogP contribution in [0, 0.1) is 0 Å². The zero-order valence-corrected chi connectivity index (χ0v) is 40.8. The Balaban J connectivity index is 3.79. The maximum absolute atomic E-state index is 12.4. The van der Waals surface area contributed by atoms with E-state index in [2.05, 4.69) is 31.3 Å². The minimum Gasteiger partial charge on any atom is -0.480 e. The molecule has 0 aromatic rings. The molecule has 0 aliphatic rings. The Morgan fingerprint density at radius 2 is 0.839 bits per heavy atom. The number of carbonyl (C=O) groups excluding carboxylic acids is 2. The molecule has 0 heterocycles. The summed E-state index contributed by atoms with van der Waals surface area (Å²) in [5.41, 5.74) is 0. The van der Waals surface area contributed by atoms with Gasteiger partial charge in [-0.2, -0.15) is 0 Å². The summed E-state index contributed by atoms with van der Waals surface area (Å²) in [6.07, 6.45) is 48.0. The normalized spacial score (nSPS) is 13.6. The lowest BCUT2D eigenvalue weighted by Gasteiger charge is -2.18. The lowest BCUT2D eigenvalue weighted by atomic mass is 10.0. The highest BCUT2D eigenvalue weighted by Crippen LogP contribution is 2.43. The lowest BCUT2D eigenvalue weighted by Crippen LogP contribution is -2.43. The fourth-order valence-electron chi connectivity index (χ4n) is 7.55. The van der Waals surface area contributed by atoms with E-state index in [1.807, 2.05) is 0 Å². The molecule has 0 bridgehead atoms. The van der Waals surface area contributed by atoms with Crippen LogP contribution < -0.4 is 5.32 Å². The number of nitrogens with one attached hydrogen (secondary N) is 1. The zero-order chi connectivity index (χ0) is 45.6. The molecule has 0 fully saturated rings. The number of hydrogen-bond acceptors (Lipinski definition) is 8. The summed E-state index contributed by atoms with van der Waals surface area (Å²) in [6.45, 7) is 2.64. The minimum absolute atomic E-state index is 0.150. The molecule has 0 aromatic carbocycles. The predicted molar refractivity (Wildman–Crippen MR) is 254 cm³/mol. The summed E-state index contributed by atoms with van der Waals surface area (Å²) in [4.78, 5) is 46.1. The van der Waals surface area contributed by atoms with Crippen LogP contribution in [0.2, 0.25) is 0 Å². The van der Waals surface area contributed by atoms with Gasteiger partial charge in [-0.15, -0.1) is 0 Å². The third-order valence-corrected chi connectivity index (χ3v) is 12.5. The van der Waals surface area contributed by atoms with Crippen molar-refractivity contribution < 1.29 is 47.8 Å². The summed E-state index contributed by atoms with van der Waals surface area (Å²) in [7, 11) is -4.75. The molecule has 366 valence electrons. The topological polar surface area (TPSA) is 169 Å². The number of ether oxygens (including phenoxy) is 1. The highest BCUT2D eigenvalue weighted by Gasteiger charge is 2.28. The third kappa shape index (κ3) is 44.8. The van der Waals surface area contributed by atoms with Gasteiger partial charge in [0.15, 0.2) is 6.04 Å². The fraction of sp³-hybridized carbons (Fsp3) is 0.900. The fourth-order valence-corrected chi connectivity index (χ4v) is 8.32. The molecule has 12 heteroatoms. The molecule has 0 saturated carbocycles. The van der Waals surface area contributed by atoms with Crippen LogP contribution in [0.15, 0.2) is 12.2 Å². The molecule has 1 amide bonds. The highest BCUT2D eigenvalue weighted by atomic mass is 31.2. The Morgan fingerprint density at radius 3 is 1.23 bits per heavy atom. The number of esters is 1. The van der Waals surface area contributed by atoms with Crippen LogP contribution in [0.3, 0.4) is 0 Å². The van der Waals surface area contributed by atoms with E-state index in [1.54, 1.807) is 0 Å². The molecule has 62 heavy (non-hydrogen) atoms. The van der Waals surface area contributed by atoms with Gasteiger partial charge in [-0.25, -0.2) is 9.36 Å². The summed E-state index contributed by atoms with van der Waals surface area (Å²) in [5, 5.41) is 21.9. The maximum atomic E-state index is 12.4. The van der Waals surface area contributed by atoms with Gasteiger partial charge in [-0.3, -0.25) is 18.6 Å². The molecule has 0 aliphatic carbocycles. The molecule has 0 rings (SSSR count). The number of unbranched alkanes of at least 4 members (excludes halogenated alkanes) is 33. The number of phosphoric ester groups is 1. The SMILES string of the molecule is CCCCCCCC/C=C/CCCCCCCCCCCCCCCC(=O)NC(COP(=O)(O)OCC(O)COC(=O)CCCCCCCCCCCCCCCCC)C(=O)O. The van der Waals surface area contributed by atoms with Crippen molar-refractivity contribution in [3.05, 3.63) is 12.2 Å². The van der Waals surface area contributed by atoms with Gasteiger partial charge in [0.25, 0.3) is 0 Å². The van der Waals surface area contributed by atoms with Crippen molar-refractivity contribution >= 4 is 25.7 Å². The van der Waals surface area contributed by atoms with E-state index >= 15 is 0 Å². The standard InChI is InChI=1S/C50H96NO10P/c1-3-5-7-9-11-13-15-17-19-20-21-22-23-24-25-26-28-29-31-33-35-37-39-41-48(53)51-47(50(55)56)45-61-62(57,58)60-44-46(52)43-59-49(54)42-40-38-36-34-32-30-27-18-16-14-12-10-8-6-4-2/h17,19,46-47,52H,3-16,18,20-45H2,1-2H3,(H,51,53)(H,55,56)(H,57,58)/b19-17+. The number of rotatable bonds is 49. The van der Waals surface area contributed by atoms with Gasteiger partial charge in [0, 0.05) is 12.8 Å². The molecule has 3 unspecified atom stereocenters. The van der Waals surface area contributed by atoms with Crippen molar-refractivity contribution in [3.63, 3.8) is 0 Å². The summed E-state index contributed by atoms with van der Waals surface area (Å²) >= 11 is 0. The number of allylic oxidation sites excluding steroid dienone is 2. The second kappa shape index (κ2) is 45.8. The Bertz CT molecular complexity index is 1110. The van der Waals surface area contributed by atoms with E-state index in [0.29, 0.717) is 12.8 Å². The van der Waals surface area contributed by atoms with Gasteiger partial charge in [0.2, 0.25) is 5.91 Å². The molecule has 11 nitrogen and oxygen atoms in total. The van der Waals surface area contributed by atoms with Crippen molar-refractivity contribution in [2.75, 3.05) is 19.8 Å². The van der Waals surface area contributed by atoms with Gasteiger partial charge >= 0.3 is 19.8 Å². The van der Waals surface area contributed by atoms with Gasteiger partial charge < -0.3 is 25.2 Å². The van der Waals surface area contributed by atoms with Crippen LogP contribution in [-0.4, -0.2) is 64.9 Å². The number of phosphoric acid groups is 1. The van der Waals surface area contributed by atoms with Gasteiger partial charge in [-0.05, 0) is 38.5 Å². The molecular weight excluding hydrogens is 806 g/mol. The van der Waals surface area contributed by atoms with E-state index in [9.17, 15) is 34.1 Å². The van der Waals surface area contributed by atoms with Crippen LogP contribution in [0.5, 0.6) is 0 Å². The molecule has 0 saturated heterocycles. The quantitative estimate of drug-likeness (QED) is 0.0200. The van der Waals surface area contributed by atoms with E-state index in [0.717, 1.165) is 38.5 Å². The molecule has 0 spiro atoms. The number of carboxylic acids is 1. The largest absolute Gasteiger partial charge is 0.480 e. The van der Waals surface area contributed by atoms with E-state index in [1.165, 1.54) is 180 Å². The number of aliphatic carboxylic acids is 1. The van der Waals surface area contributed by atoms with Crippen LogP contribution in [-0.2, 0) is 32.7 Å². The summed E-state index contributed by atoms with van der Waals surface area (Å²) < 4.78 is 26.9. The Kier molecular flexibility index (Phi) is 44.5. The first-order chi connectivity index (χ1) is 30.1. The number of hydrogen-bond donors (Lipinski definition) is 4. The van der Waals surface area contributed by atoms with Crippen molar-refractivity contribution in [3.8, 4) is 0 Å². The smallest absolute Gasteiger partial charge is 0.472 e. The number of carbonyl (C=O) groups is 3. The van der Waals surface area contributed by atoms with Gasteiger partial charge in [0.05, 0.1) is 13.2 Å². The van der Waals surface area contributed by atoms with Gasteiger partial charge in [-0.1, -0.05) is 219 Å². The van der Waals surface area contributed by atoms with Crippen LogP contribution >= 0.6 is 7.82 Å². The Morgan fingerprint density at radius 1 is 0.500 bits per heavy atom. The molecule has 3 atom stereocenters. The Labute approximate surface area is 379 Å². The van der Waals surface area contributed by atoms with Crippen LogP contribution in [0.1, 0.15) is 258 Å². The summed E-state index contributed by atoms with van der Waals surface area (Å²) in [5.74, 6) is -2.35. The predicted octanol–water partition coefficient (Wildman–Crippen LogP) is 14.0. The van der Waals surface area contributed by atoms with Crippen molar-refractivity contribution in [1.82, 2.24) is 5.32 Å². The first-order valence-electron chi connectivity index (χ1n) is 25.7. The number of amides is 1. The van der Waals surface area contributed by atoms with Crippen molar-refractivity contribution in [2.24, 2.45) is 0 Å². The molecule has 4 N–H and O–H groups in total. The average molecular weight is 902 g/mol. The average Bonchev–Trinajstić information content (AvgIpc) is 3.25. The van der Waals surface area contributed by atoms with Gasteiger partial charge in [0.1, 0.15) is 12.7 Å². The third-order valence-electron chi connectivity index (χ3n) is 11.6. The molecule has 0 aromatic heterocycles. The van der Waals surface area contributed by atoms with E-state index in [4.69, 9.17) is 13.8 Å². The summed E-state index contributed by atoms with van der Waals surface area (Å²) in [6, 6.07) is -1.54. The second-order valence-corrected chi connectivity index (χ2v) is 19.2. The first kappa shape index (κ1) is 60.2. The number of aliphatic hydroxyl groups excluding tert-OH is 1. The molecular formula is C50H96NO10P. The first-order valence-corrected chi connectivity index (χ1v) is 27.2. The lowest BCUT2D eigenvalue weighted by molar-refractivity contribution is -0.147. The van der Waals surface area contributed by atoms with Crippen molar-refractivity contribution in [2.45, 2.75) is 270 Å². The second-order valence-electron chi connectivity index (χ2n) is 17.7. The maximum Gasteiger partial charge on any atom is 0.472 e. The number of carboxylic acid groups (broad SMARTS) is 1. The monoisotopic (exact) mass is 902 g/mol. The minimum atomic E-state index is -4.75. The zero-order valence-electron chi connectivity index (χ0n) is 39.9. The Hall–Kier alpha value is -1.78. The van der Waals surface area contributed by atoms with E-state index in [-0.39, 0.29) is 12.8 Å².